The van der Waals surface area contributed by atoms with Gasteiger partial charge in [-0.1, -0.05) is 12.2 Å². The van der Waals surface area contributed by atoms with E-state index in [4.69, 9.17) is 20.3 Å². The Kier molecular flexibility index (Phi) is 7.00. The Bertz CT molecular complexity index is 312. The van der Waals surface area contributed by atoms with Gasteiger partial charge in [-0.3, -0.25) is 0 Å². The van der Waals surface area contributed by atoms with Gasteiger partial charge in [0.25, 0.3) is 0 Å². The van der Waals surface area contributed by atoms with Crippen molar-refractivity contribution in [3.63, 3.8) is 0 Å². The highest BCUT2D eigenvalue weighted by atomic mass is 16.7. The number of hydrogen-bond acceptors (Lipinski definition) is 8. The minimum atomic E-state index is -1.50. The average Bonchev–Trinajstić information content (AvgIpc) is 2.44. The van der Waals surface area contributed by atoms with Crippen LogP contribution in [0, 0.1) is 0 Å². The van der Waals surface area contributed by atoms with Crippen molar-refractivity contribution in [2.24, 2.45) is 5.73 Å². The van der Waals surface area contributed by atoms with Gasteiger partial charge in [0.05, 0.1) is 25.4 Å². The van der Waals surface area contributed by atoms with E-state index >= 15 is 0 Å². The molecule has 1 saturated heterocycles. The Hall–Kier alpha value is -0.580. The van der Waals surface area contributed by atoms with E-state index in [1.54, 1.807) is 13.0 Å². The molecule has 0 aromatic rings. The summed E-state index contributed by atoms with van der Waals surface area (Å²) in [4.78, 5) is 0. The highest BCUT2D eigenvalue weighted by Gasteiger charge is 2.44. The zero-order valence-corrected chi connectivity index (χ0v) is 11.2. The first kappa shape index (κ1) is 17.5. The van der Waals surface area contributed by atoms with Crippen LogP contribution >= 0.6 is 0 Å². The fourth-order valence-corrected chi connectivity index (χ4v) is 1.85. The molecule has 0 aromatic carbocycles. The van der Waals surface area contributed by atoms with E-state index in [1.807, 2.05) is 0 Å². The second kappa shape index (κ2) is 8.01. The van der Waals surface area contributed by atoms with Crippen LogP contribution in [0.25, 0.3) is 0 Å². The lowest BCUT2D eigenvalue weighted by molar-refractivity contribution is -0.302. The molecule has 7 atom stereocenters. The van der Waals surface area contributed by atoms with E-state index in [9.17, 15) is 20.4 Å². The number of hydrogen-bond donors (Lipinski definition) is 6. The standard InChI is InChI=1S/C12H23NO7/c1-2-3-7(15)6(13)5-19-12-11(18)10(17)9(16)8(4-14)20-12/h2-3,6-12,14-18H,4-5,13H2,1H3/b3-2+/t6-,7+,8?,9-,10?,11?,12-/m0/s1. The van der Waals surface area contributed by atoms with E-state index in [2.05, 4.69) is 0 Å². The largest absolute Gasteiger partial charge is 0.394 e. The van der Waals surface area contributed by atoms with Crippen LogP contribution < -0.4 is 5.73 Å². The smallest absolute Gasteiger partial charge is 0.186 e. The van der Waals surface area contributed by atoms with Crippen LogP contribution in [0.1, 0.15) is 6.92 Å². The maximum atomic E-state index is 9.72. The van der Waals surface area contributed by atoms with Crippen molar-refractivity contribution >= 4 is 0 Å². The van der Waals surface area contributed by atoms with E-state index in [-0.39, 0.29) is 6.61 Å². The summed E-state index contributed by atoms with van der Waals surface area (Å²) in [5.74, 6) is 0. The van der Waals surface area contributed by atoms with Crippen molar-refractivity contribution in [1.82, 2.24) is 0 Å². The minimum absolute atomic E-state index is 0.131. The van der Waals surface area contributed by atoms with Gasteiger partial charge < -0.3 is 40.7 Å². The van der Waals surface area contributed by atoms with Crippen LogP contribution in [-0.4, -0.2) is 81.6 Å². The summed E-state index contributed by atoms with van der Waals surface area (Å²) in [6, 6.07) is -0.737. The van der Waals surface area contributed by atoms with Crippen molar-refractivity contribution in [2.75, 3.05) is 13.2 Å². The van der Waals surface area contributed by atoms with Crippen LogP contribution in [0.4, 0.5) is 0 Å². The second-order valence-corrected chi connectivity index (χ2v) is 4.71. The fraction of sp³-hybridized carbons (Fsp3) is 0.833. The quantitative estimate of drug-likeness (QED) is 0.285. The Labute approximate surface area is 117 Å². The molecule has 8 nitrogen and oxygen atoms in total. The average molecular weight is 293 g/mol. The SMILES string of the molecule is C/C=C/[C@@H](O)[C@@H](N)CO[C@H]1OC(CO)[C@H](O)C(O)C1O. The number of rotatable bonds is 6. The molecule has 1 heterocycles. The molecule has 0 aliphatic carbocycles. The summed E-state index contributed by atoms with van der Waals surface area (Å²) in [5, 5.41) is 47.5. The summed E-state index contributed by atoms with van der Waals surface area (Å²) in [5.41, 5.74) is 5.67. The molecule has 0 aromatic heterocycles. The van der Waals surface area contributed by atoms with Gasteiger partial charge in [0.15, 0.2) is 6.29 Å². The Morgan fingerprint density at radius 1 is 1.25 bits per heavy atom. The normalized spacial score (nSPS) is 38.0. The summed E-state index contributed by atoms with van der Waals surface area (Å²) in [7, 11) is 0. The zero-order valence-electron chi connectivity index (χ0n) is 11.2. The van der Waals surface area contributed by atoms with Crippen molar-refractivity contribution in [1.29, 1.82) is 0 Å². The van der Waals surface area contributed by atoms with Crippen LogP contribution in [-0.2, 0) is 9.47 Å². The maximum Gasteiger partial charge on any atom is 0.186 e. The monoisotopic (exact) mass is 293 g/mol. The van der Waals surface area contributed by atoms with E-state index < -0.39 is 49.5 Å². The fourth-order valence-electron chi connectivity index (χ4n) is 1.85. The summed E-state index contributed by atoms with van der Waals surface area (Å²) < 4.78 is 10.3. The predicted octanol–water partition coefficient (Wildman–Crippen LogP) is -2.93. The third-order valence-electron chi connectivity index (χ3n) is 3.13. The van der Waals surface area contributed by atoms with Gasteiger partial charge in [0.1, 0.15) is 24.4 Å². The van der Waals surface area contributed by atoms with Crippen molar-refractivity contribution in [3.05, 3.63) is 12.2 Å². The van der Waals surface area contributed by atoms with Gasteiger partial charge in [-0.2, -0.15) is 0 Å². The maximum absolute atomic E-state index is 9.72. The Morgan fingerprint density at radius 3 is 2.45 bits per heavy atom. The van der Waals surface area contributed by atoms with Crippen LogP contribution in [0.2, 0.25) is 0 Å². The molecule has 7 N–H and O–H groups in total. The number of allylic oxidation sites excluding steroid dienone is 1. The molecule has 20 heavy (non-hydrogen) atoms. The Balaban J connectivity index is 2.54. The van der Waals surface area contributed by atoms with Gasteiger partial charge in [0.2, 0.25) is 0 Å². The molecule has 0 amide bonds. The van der Waals surface area contributed by atoms with Crippen LogP contribution in [0.3, 0.4) is 0 Å². The lowest BCUT2D eigenvalue weighted by Gasteiger charge is -2.39. The molecule has 8 heteroatoms. The van der Waals surface area contributed by atoms with E-state index in [1.165, 1.54) is 6.08 Å². The number of aliphatic hydroxyl groups is 5. The first-order valence-electron chi connectivity index (χ1n) is 6.41. The molecule has 3 unspecified atom stereocenters. The third-order valence-corrected chi connectivity index (χ3v) is 3.13. The second-order valence-electron chi connectivity index (χ2n) is 4.71. The lowest BCUT2D eigenvalue weighted by Crippen LogP contribution is -2.59. The number of nitrogens with two attached hydrogens (primary N) is 1. The first-order chi connectivity index (χ1) is 9.42. The predicted molar refractivity (Wildman–Crippen MR) is 68.5 cm³/mol. The molecule has 0 saturated carbocycles. The first-order valence-corrected chi connectivity index (χ1v) is 6.41. The molecule has 1 aliphatic rings. The van der Waals surface area contributed by atoms with Crippen molar-refractivity contribution < 1.29 is 35.0 Å². The number of ether oxygens (including phenoxy) is 2. The molecular weight excluding hydrogens is 270 g/mol. The van der Waals surface area contributed by atoms with Crippen LogP contribution in [0.5, 0.6) is 0 Å². The summed E-state index contributed by atoms with van der Waals surface area (Å²) in [6.07, 6.45) is -4.47. The molecule has 0 radical (unpaired) electrons. The van der Waals surface area contributed by atoms with Gasteiger partial charge in [-0.25, -0.2) is 0 Å². The summed E-state index contributed by atoms with van der Waals surface area (Å²) in [6.45, 7) is 1.07. The van der Waals surface area contributed by atoms with E-state index in [0.717, 1.165) is 0 Å². The molecule has 0 spiro atoms. The highest BCUT2D eigenvalue weighted by Crippen LogP contribution is 2.22. The minimum Gasteiger partial charge on any atom is -0.394 e. The number of aliphatic hydroxyl groups excluding tert-OH is 5. The molecule has 1 rings (SSSR count). The lowest BCUT2D eigenvalue weighted by atomic mass is 9.99. The van der Waals surface area contributed by atoms with Crippen molar-refractivity contribution in [3.8, 4) is 0 Å². The topological polar surface area (TPSA) is 146 Å². The summed E-state index contributed by atoms with van der Waals surface area (Å²) >= 11 is 0. The van der Waals surface area contributed by atoms with E-state index in [0.29, 0.717) is 0 Å². The molecule has 1 aliphatic heterocycles. The molecule has 0 bridgehead atoms. The Morgan fingerprint density at radius 2 is 1.90 bits per heavy atom. The molecule has 1 fully saturated rings. The van der Waals surface area contributed by atoms with Gasteiger partial charge in [-0.05, 0) is 6.92 Å². The zero-order chi connectivity index (χ0) is 15.3. The van der Waals surface area contributed by atoms with Crippen LogP contribution in [0.15, 0.2) is 12.2 Å². The van der Waals surface area contributed by atoms with Gasteiger partial charge in [-0.15, -0.1) is 0 Å². The van der Waals surface area contributed by atoms with Crippen molar-refractivity contribution in [2.45, 2.75) is 49.8 Å². The molecular formula is C12H23NO7. The van der Waals surface area contributed by atoms with Gasteiger partial charge >= 0.3 is 0 Å². The third kappa shape index (κ3) is 4.21. The van der Waals surface area contributed by atoms with Gasteiger partial charge in [0, 0.05) is 0 Å². The highest BCUT2D eigenvalue weighted by molar-refractivity contribution is 4.92. The molecule has 118 valence electrons.